The molecule has 0 radical (unpaired) electrons. The molecule has 162 valence electrons. The average molecular weight is 413 g/mol. The normalized spacial score (nSPS) is 20.2. The number of nitrogens with one attached hydrogen (secondary N) is 1. The van der Waals surface area contributed by atoms with Crippen molar-refractivity contribution >= 4 is 22.8 Å². The number of carbonyl (C=O) groups is 2. The van der Waals surface area contributed by atoms with Gasteiger partial charge in [-0.25, -0.2) is 0 Å². The lowest BCUT2D eigenvalue weighted by atomic mass is 10.0. The minimum Gasteiger partial charge on any atom is -0.480 e. The van der Waals surface area contributed by atoms with Gasteiger partial charge in [0.1, 0.15) is 6.04 Å². The van der Waals surface area contributed by atoms with Gasteiger partial charge in [-0.2, -0.15) is 0 Å². The summed E-state index contributed by atoms with van der Waals surface area (Å²) < 4.78 is 0. The predicted molar refractivity (Wildman–Crippen MR) is 116 cm³/mol. The number of fused-ring (bicyclic) bond motifs is 1. The van der Waals surface area contributed by atoms with Crippen LogP contribution in [0.2, 0.25) is 0 Å². The summed E-state index contributed by atoms with van der Waals surface area (Å²) in [4.78, 5) is 34.3. The van der Waals surface area contributed by atoms with Crippen LogP contribution >= 0.6 is 0 Å². The number of carboxylic acids is 1. The molecule has 2 fully saturated rings. The standard InChI is InChI=1S/C23H32N4O3/c1-17-6-7-20-18(14-17)19(15-24-20)22(23(29)30)27-12-10-25(11-13-27)16-21(28)26-8-4-2-3-5-9-26/h6-7,14-15,22,24H,2-5,8-13,16H2,1H3,(H,29,30). The van der Waals surface area contributed by atoms with Crippen molar-refractivity contribution in [1.82, 2.24) is 19.7 Å². The third-order valence-electron chi connectivity index (χ3n) is 6.49. The number of aryl methyl sites for hydroxylation is 1. The zero-order valence-electron chi connectivity index (χ0n) is 17.8. The van der Waals surface area contributed by atoms with Crippen molar-refractivity contribution in [2.45, 2.75) is 38.6 Å². The maximum absolute atomic E-state index is 12.7. The third kappa shape index (κ3) is 4.52. The van der Waals surface area contributed by atoms with Crippen LogP contribution in [-0.2, 0) is 9.59 Å². The Balaban J connectivity index is 1.40. The molecule has 1 amide bonds. The fourth-order valence-corrected chi connectivity index (χ4v) is 4.76. The van der Waals surface area contributed by atoms with Gasteiger partial charge < -0.3 is 15.0 Å². The number of rotatable bonds is 5. The number of hydrogen-bond donors (Lipinski definition) is 2. The average Bonchev–Trinajstić information content (AvgIpc) is 2.94. The van der Waals surface area contributed by atoms with Gasteiger partial charge in [0.2, 0.25) is 5.91 Å². The summed E-state index contributed by atoms with van der Waals surface area (Å²) in [7, 11) is 0. The summed E-state index contributed by atoms with van der Waals surface area (Å²) in [6.07, 6.45) is 6.46. The summed E-state index contributed by atoms with van der Waals surface area (Å²) in [5, 5.41) is 11.0. The second-order valence-corrected chi connectivity index (χ2v) is 8.64. The predicted octanol–water partition coefficient (Wildman–Crippen LogP) is 2.62. The highest BCUT2D eigenvalue weighted by atomic mass is 16.4. The summed E-state index contributed by atoms with van der Waals surface area (Å²) in [6, 6.07) is 5.40. The van der Waals surface area contributed by atoms with E-state index in [1.807, 2.05) is 41.1 Å². The molecule has 1 unspecified atom stereocenters. The molecule has 0 bridgehead atoms. The van der Waals surface area contributed by atoms with Crippen molar-refractivity contribution in [3.8, 4) is 0 Å². The maximum Gasteiger partial charge on any atom is 0.325 e. The molecule has 3 heterocycles. The molecule has 2 aromatic rings. The monoisotopic (exact) mass is 412 g/mol. The van der Waals surface area contributed by atoms with Gasteiger partial charge in [-0.15, -0.1) is 0 Å². The van der Waals surface area contributed by atoms with Crippen molar-refractivity contribution in [2.75, 3.05) is 45.8 Å². The summed E-state index contributed by atoms with van der Waals surface area (Å²) >= 11 is 0. The van der Waals surface area contributed by atoms with E-state index in [0.29, 0.717) is 32.7 Å². The van der Waals surface area contributed by atoms with Crippen molar-refractivity contribution < 1.29 is 14.7 Å². The topological polar surface area (TPSA) is 79.9 Å². The Labute approximate surface area is 177 Å². The lowest BCUT2D eigenvalue weighted by Gasteiger charge is -2.38. The number of H-pyrrole nitrogens is 1. The van der Waals surface area contributed by atoms with Crippen LogP contribution < -0.4 is 0 Å². The van der Waals surface area contributed by atoms with E-state index in [4.69, 9.17) is 0 Å². The third-order valence-corrected chi connectivity index (χ3v) is 6.49. The number of aromatic nitrogens is 1. The van der Waals surface area contributed by atoms with E-state index in [1.54, 1.807) is 0 Å². The molecule has 1 atom stereocenters. The van der Waals surface area contributed by atoms with Gasteiger partial charge in [0.15, 0.2) is 0 Å². The first kappa shape index (κ1) is 20.9. The van der Waals surface area contributed by atoms with E-state index in [9.17, 15) is 14.7 Å². The number of amides is 1. The Kier molecular flexibility index (Phi) is 6.39. The maximum atomic E-state index is 12.7. The molecule has 1 aromatic carbocycles. The van der Waals surface area contributed by atoms with Crippen LogP contribution in [0.5, 0.6) is 0 Å². The lowest BCUT2D eigenvalue weighted by Crippen LogP contribution is -2.52. The number of benzene rings is 1. The Morgan fingerprint density at radius 1 is 1.03 bits per heavy atom. The van der Waals surface area contributed by atoms with Crippen LogP contribution in [-0.4, -0.2) is 82.5 Å². The molecule has 0 saturated carbocycles. The fourth-order valence-electron chi connectivity index (χ4n) is 4.76. The molecular weight excluding hydrogens is 380 g/mol. The first-order valence-corrected chi connectivity index (χ1v) is 11.1. The SMILES string of the molecule is Cc1ccc2[nH]cc(C(C(=O)O)N3CCN(CC(=O)N4CCCCCC4)CC3)c2c1. The first-order valence-electron chi connectivity index (χ1n) is 11.1. The number of aliphatic carboxylic acids is 1. The number of carboxylic acid groups (broad SMARTS) is 1. The Morgan fingerprint density at radius 2 is 1.73 bits per heavy atom. The highest BCUT2D eigenvalue weighted by Crippen LogP contribution is 2.30. The molecule has 30 heavy (non-hydrogen) atoms. The first-order chi connectivity index (χ1) is 14.5. The largest absolute Gasteiger partial charge is 0.480 e. The molecule has 2 saturated heterocycles. The second kappa shape index (κ2) is 9.18. The summed E-state index contributed by atoms with van der Waals surface area (Å²) in [5.41, 5.74) is 2.89. The van der Waals surface area contributed by atoms with Gasteiger partial charge in [-0.05, 0) is 31.9 Å². The number of likely N-dealkylation sites (tertiary alicyclic amines) is 1. The van der Waals surface area contributed by atoms with Crippen molar-refractivity contribution in [3.63, 3.8) is 0 Å². The van der Waals surface area contributed by atoms with Gasteiger partial charge in [-0.1, -0.05) is 24.5 Å². The van der Waals surface area contributed by atoms with Crippen molar-refractivity contribution in [3.05, 3.63) is 35.5 Å². The Bertz CT molecular complexity index is 893. The minimum absolute atomic E-state index is 0.215. The van der Waals surface area contributed by atoms with E-state index >= 15 is 0 Å². The number of piperazine rings is 1. The van der Waals surface area contributed by atoms with Gasteiger partial charge in [0.25, 0.3) is 0 Å². The second-order valence-electron chi connectivity index (χ2n) is 8.64. The lowest BCUT2D eigenvalue weighted by molar-refractivity contribution is -0.145. The van der Waals surface area contributed by atoms with E-state index in [0.717, 1.165) is 48.0 Å². The van der Waals surface area contributed by atoms with Crippen molar-refractivity contribution in [1.29, 1.82) is 0 Å². The molecule has 1 aromatic heterocycles. The van der Waals surface area contributed by atoms with Gasteiger partial charge >= 0.3 is 5.97 Å². The summed E-state index contributed by atoms with van der Waals surface area (Å²) in [6.45, 7) is 6.92. The molecule has 0 spiro atoms. The van der Waals surface area contributed by atoms with E-state index in [-0.39, 0.29) is 5.91 Å². The van der Waals surface area contributed by atoms with Crippen LogP contribution in [0.15, 0.2) is 24.4 Å². The van der Waals surface area contributed by atoms with Crippen LogP contribution in [0, 0.1) is 6.92 Å². The minimum atomic E-state index is -0.827. The van der Waals surface area contributed by atoms with Gasteiger partial charge in [-0.3, -0.25) is 19.4 Å². The number of hydrogen-bond acceptors (Lipinski definition) is 4. The van der Waals surface area contributed by atoms with Crippen LogP contribution in [0.4, 0.5) is 0 Å². The molecule has 0 aliphatic carbocycles. The molecule has 2 N–H and O–H groups in total. The molecule has 7 heteroatoms. The number of aromatic amines is 1. The Morgan fingerprint density at radius 3 is 2.40 bits per heavy atom. The molecular formula is C23H32N4O3. The van der Waals surface area contributed by atoms with Crippen LogP contribution in [0.1, 0.15) is 42.9 Å². The smallest absolute Gasteiger partial charge is 0.325 e. The van der Waals surface area contributed by atoms with E-state index in [1.165, 1.54) is 12.8 Å². The number of nitrogens with zero attached hydrogens (tertiary/aromatic N) is 3. The molecule has 4 rings (SSSR count). The Hall–Kier alpha value is -2.38. The van der Waals surface area contributed by atoms with Crippen LogP contribution in [0.3, 0.4) is 0 Å². The van der Waals surface area contributed by atoms with Crippen LogP contribution in [0.25, 0.3) is 10.9 Å². The number of carbonyl (C=O) groups excluding carboxylic acids is 1. The van der Waals surface area contributed by atoms with Gasteiger partial charge in [0.05, 0.1) is 6.54 Å². The molecule has 2 aliphatic heterocycles. The van der Waals surface area contributed by atoms with Crippen molar-refractivity contribution in [2.24, 2.45) is 0 Å². The zero-order valence-corrected chi connectivity index (χ0v) is 17.8. The fraction of sp³-hybridized carbons (Fsp3) is 0.565. The van der Waals surface area contributed by atoms with E-state index < -0.39 is 12.0 Å². The molecule has 7 nitrogen and oxygen atoms in total. The quantitative estimate of drug-likeness (QED) is 0.789. The zero-order chi connectivity index (χ0) is 21.1. The molecule has 2 aliphatic rings. The highest BCUT2D eigenvalue weighted by molar-refractivity contribution is 5.89. The highest BCUT2D eigenvalue weighted by Gasteiger charge is 2.32. The summed E-state index contributed by atoms with van der Waals surface area (Å²) in [5.74, 6) is -0.612. The van der Waals surface area contributed by atoms with Gasteiger partial charge in [0, 0.05) is 61.9 Å². The van der Waals surface area contributed by atoms with E-state index in [2.05, 4.69) is 9.88 Å².